The molecule has 1 aliphatic heterocycles. The predicted octanol–water partition coefficient (Wildman–Crippen LogP) is 2.28. The van der Waals surface area contributed by atoms with Gasteiger partial charge in [-0.1, -0.05) is 0 Å². The highest BCUT2D eigenvalue weighted by Crippen LogP contribution is 2.23. The number of halogens is 2. The number of hydrogen-bond donors (Lipinski definition) is 1. The lowest BCUT2D eigenvalue weighted by molar-refractivity contribution is 0.0525. The van der Waals surface area contributed by atoms with Gasteiger partial charge >= 0.3 is 5.97 Å². The van der Waals surface area contributed by atoms with Gasteiger partial charge in [0.05, 0.1) is 24.4 Å². The molecule has 0 aliphatic carbocycles. The molecule has 1 aromatic carbocycles. The zero-order valence-electron chi connectivity index (χ0n) is 18.1. The number of hydrogen-bond acceptors (Lipinski definition) is 6. The minimum absolute atomic E-state index is 0.0191. The molecule has 0 atom stereocenters. The van der Waals surface area contributed by atoms with E-state index in [-0.39, 0.29) is 45.1 Å². The van der Waals surface area contributed by atoms with Crippen LogP contribution in [-0.4, -0.2) is 73.7 Å². The zero-order valence-corrected chi connectivity index (χ0v) is 18.9. The Morgan fingerprint density at radius 3 is 2.41 bits per heavy atom. The van der Waals surface area contributed by atoms with Crippen molar-refractivity contribution in [1.82, 2.24) is 14.2 Å². The maximum atomic E-state index is 14.0. The second-order valence-electron chi connectivity index (χ2n) is 7.52. The summed E-state index contributed by atoms with van der Waals surface area (Å²) < 4.78 is 58.9. The lowest BCUT2D eigenvalue weighted by Crippen LogP contribution is -2.50. The van der Waals surface area contributed by atoms with Crippen LogP contribution in [0.4, 0.5) is 8.78 Å². The predicted molar refractivity (Wildman–Crippen MR) is 112 cm³/mol. The third-order valence-corrected chi connectivity index (χ3v) is 7.32. The van der Waals surface area contributed by atoms with Crippen molar-refractivity contribution in [2.45, 2.75) is 25.7 Å². The zero-order chi connectivity index (χ0) is 23.6. The van der Waals surface area contributed by atoms with Gasteiger partial charge in [-0.25, -0.2) is 22.0 Å². The summed E-state index contributed by atoms with van der Waals surface area (Å²) >= 11 is 0. The van der Waals surface area contributed by atoms with Gasteiger partial charge in [0.1, 0.15) is 16.5 Å². The van der Waals surface area contributed by atoms with Crippen LogP contribution in [0, 0.1) is 25.5 Å². The fraction of sp³-hybridized carbons (Fsp3) is 0.429. The summed E-state index contributed by atoms with van der Waals surface area (Å²) in [4.78, 5) is 29.0. The van der Waals surface area contributed by atoms with E-state index in [9.17, 15) is 26.8 Å². The lowest BCUT2D eigenvalue weighted by atomic mass is 10.1. The maximum Gasteiger partial charge on any atom is 0.340 e. The van der Waals surface area contributed by atoms with Crippen LogP contribution in [0.2, 0.25) is 0 Å². The number of nitrogens with zero attached hydrogens (tertiary/aromatic N) is 2. The standard InChI is InChI=1S/C21H25F2N3O5S/c1-4-31-21(28)19-13(2)20(24-14(19)3)17(27)12-25-7-9-26(10-8-25)32(29,30)18-11-15(22)5-6-16(18)23/h5-6,11,24H,4,7-10,12H2,1-3H3. The number of aryl methyl sites for hydroxylation is 1. The summed E-state index contributed by atoms with van der Waals surface area (Å²) in [5.74, 6) is -2.60. The summed E-state index contributed by atoms with van der Waals surface area (Å²) in [6.45, 7) is 5.84. The van der Waals surface area contributed by atoms with Gasteiger partial charge in [-0.15, -0.1) is 0 Å². The molecule has 0 bridgehead atoms. The van der Waals surface area contributed by atoms with Gasteiger partial charge in [0.25, 0.3) is 0 Å². The van der Waals surface area contributed by atoms with Gasteiger partial charge in [-0.2, -0.15) is 4.31 Å². The van der Waals surface area contributed by atoms with Crippen LogP contribution in [0.25, 0.3) is 0 Å². The van der Waals surface area contributed by atoms with E-state index in [0.29, 0.717) is 28.6 Å². The van der Waals surface area contributed by atoms with E-state index in [1.54, 1.807) is 25.7 Å². The van der Waals surface area contributed by atoms with E-state index in [4.69, 9.17) is 4.74 Å². The average molecular weight is 470 g/mol. The minimum Gasteiger partial charge on any atom is -0.462 e. The highest BCUT2D eigenvalue weighted by Gasteiger charge is 2.32. The third kappa shape index (κ3) is 4.74. The Kier molecular flexibility index (Phi) is 7.11. The fourth-order valence-electron chi connectivity index (χ4n) is 3.76. The molecule has 8 nitrogen and oxygen atoms in total. The summed E-state index contributed by atoms with van der Waals surface area (Å²) in [5, 5.41) is 0. The van der Waals surface area contributed by atoms with Gasteiger partial charge in [0, 0.05) is 31.9 Å². The topological polar surface area (TPSA) is 99.8 Å². The summed E-state index contributed by atoms with van der Waals surface area (Å²) in [6.07, 6.45) is 0. The number of carbonyl (C=O) groups excluding carboxylic acids is 2. The van der Waals surface area contributed by atoms with Crippen molar-refractivity contribution in [3.63, 3.8) is 0 Å². The van der Waals surface area contributed by atoms with Crippen molar-refractivity contribution in [3.05, 3.63) is 52.3 Å². The van der Waals surface area contributed by atoms with Gasteiger partial charge < -0.3 is 9.72 Å². The molecular formula is C21H25F2N3O5S. The molecule has 1 aromatic heterocycles. The average Bonchev–Trinajstić information content (AvgIpc) is 3.04. The SMILES string of the molecule is CCOC(=O)c1c(C)[nH]c(C(=O)CN2CCN(S(=O)(=O)c3cc(F)ccc3F)CC2)c1C. The molecule has 0 spiro atoms. The Morgan fingerprint density at radius 2 is 1.78 bits per heavy atom. The molecule has 0 saturated carbocycles. The number of aromatic nitrogens is 1. The lowest BCUT2D eigenvalue weighted by Gasteiger charge is -2.33. The summed E-state index contributed by atoms with van der Waals surface area (Å²) in [6, 6.07) is 2.30. The van der Waals surface area contributed by atoms with Gasteiger partial charge in [-0.05, 0) is 44.5 Å². The van der Waals surface area contributed by atoms with Gasteiger partial charge in [-0.3, -0.25) is 9.69 Å². The highest BCUT2D eigenvalue weighted by molar-refractivity contribution is 7.89. The number of aromatic amines is 1. The van der Waals surface area contributed by atoms with Crippen molar-refractivity contribution < 1.29 is 31.5 Å². The van der Waals surface area contributed by atoms with Crippen molar-refractivity contribution in [3.8, 4) is 0 Å². The number of benzene rings is 1. The monoisotopic (exact) mass is 469 g/mol. The number of H-pyrrole nitrogens is 1. The molecule has 2 heterocycles. The van der Waals surface area contributed by atoms with Crippen LogP contribution in [0.3, 0.4) is 0 Å². The van der Waals surface area contributed by atoms with Crippen LogP contribution in [0.1, 0.15) is 39.0 Å². The molecule has 3 rings (SSSR count). The minimum atomic E-state index is -4.19. The highest BCUT2D eigenvalue weighted by atomic mass is 32.2. The molecule has 1 saturated heterocycles. The second-order valence-corrected chi connectivity index (χ2v) is 9.43. The Bertz CT molecular complexity index is 1140. The Morgan fingerprint density at radius 1 is 1.12 bits per heavy atom. The molecule has 1 fully saturated rings. The van der Waals surface area contributed by atoms with E-state index < -0.39 is 32.5 Å². The first-order valence-electron chi connectivity index (χ1n) is 10.1. The fourth-order valence-corrected chi connectivity index (χ4v) is 5.26. The maximum absolute atomic E-state index is 14.0. The third-order valence-electron chi connectivity index (χ3n) is 5.41. The van der Waals surface area contributed by atoms with Crippen LogP contribution in [0.15, 0.2) is 23.1 Å². The first-order valence-corrected chi connectivity index (χ1v) is 11.6. The molecule has 0 amide bonds. The largest absolute Gasteiger partial charge is 0.462 e. The van der Waals surface area contributed by atoms with Gasteiger partial charge in [0.15, 0.2) is 5.78 Å². The Balaban J connectivity index is 1.67. The molecule has 1 aliphatic rings. The Hall–Kier alpha value is -2.63. The number of nitrogens with one attached hydrogen (secondary N) is 1. The smallest absolute Gasteiger partial charge is 0.340 e. The van der Waals surface area contributed by atoms with Gasteiger partial charge in [0.2, 0.25) is 10.0 Å². The van der Waals surface area contributed by atoms with E-state index in [0.717, 1.165) is 16.4 Å². The molecule has 2 aromatic rings. The number of rotatable bonds is 7. The summed E-state index contributed by atoms with van der Waals surface area (Å²) in [7, 11) is -4.19. The summed E-state index contributed by atoms with van der Waals surface area (Å²) in [5.41, 5.74) is 1.69. The van der Waals surface area contributed by atoms with Crippen LogP contribution < -0.4 is 0 Å². The molecule has 0 radical (unpaired) electrons. The van der Waals surface area contributed by atoms with Crippen molar-refractivity contribution in [2.75, 3.05) is 39.3 Å². The van der Waals surface area contributed by atoms with E-state index in [2.05, 4.69) is 4.98 Å². The van der Waals surface area contributed by atoms with Crippen molar-refractivity contribution in [2.24, 2.45) is 0 Å². The quantitative estimate of drug-likeness (QED) is 0.493. The van der Waals surface area contributed by atoms with E-state index >= 15 is 0 Å². The number of carbonyl (C=O) groups is 2. The first-order chi connectivity index (χ1) is 15.1. The van der Waals surface area contributed by atoms with Crippen molar-refractivity contribution in [1.29, 1.82) is 0 Å². The molecule has 11 heteroatoms. The number of ether oxygens (including phenoxy) is 1. The van der Waals surface area contributed by atoms with Crippen LogP contribution in [0.5, 0.6) is 0 Å². The first kappa shape index (κ1) is 24.0. The number of sulfonamides is 1. The molecule has 174 valence electrons. The molecule has 32 heavy (non-hydrogen) atoms. The van der Waals surface area contributed by atoms with Crippen LogP contribution in [-0.2, 0) is 14.8 Å². The molecular weight excluding hydrogens is 444 g/mol. The van der Waals surface area contributed by atoms with Crippen LogP contribution >= 0.6 is 0 Å². The van der Waals surface area contributed by atoms with E-state index in [1.807, 2.05) is 0 Å². The molecule has 0 unspecified atom stereocenters. The number of esters is 1. The Labute approximate surface area is 185 Å². The molecule has 1 N–H and O–H groups in total. The van der Waals surface area contributed by atoms with E-state index in [1.165, 1.54) is 0 Å². The normalized spacial score (nSPS) is 15.7. The number of piperazine rings is 1. The second kappa shape index (κ2) is 9.47. The number of ketones is 1. The number of Topliss-reactive ketones (excluding diaryl/α,β-unsaturated/α-hetero) is 1. The van der Waals surface area contributed by atoms with Crippen molar-refractivity contribution >= 4 is 21.8 Å².